The Kier molecular flexibility index (Phi) is 5.43. The summed E-state index contributed by atoms with van der Waals surface area (Å²) >= 11 is 0. The summed E-state index contributed by atoms with van der Waals surface area (Å²) < 4.78 is 6.53. The largest absolute Gasteiger partial charge is 0.456 e. The van der Waals surface area contributed by atoms with Crippen molar-refractivity contribution in [2.75, 3.05) is 0 Å². The van der Waals surface area contributed by atoms with E-state index in [0.29, 0.717) is 5.82 Å². The maximum absolute atomic E-state index is 6.53. The van der Waals surface area contributed by atoms with Gasteiger partial charge < -0.3 is 4.42 Å². The molecule has 0 unspecified atom stereocenters. The molecule has 3 heteroatoms. The Hall–Kier alpha value is -6.84. The zero-order valence-electron chi connectivity index (χ0n) is 28.0. The van der Waals surface area contributed by atoms with Crippen LogP contribution in [0.3, 0.4) is 0 Å². The minimum Gasteiger partial charge on any atom is -0.456 e. The number of fused-ring (bicyclic) bond motifs is 16. The Bertz CT molecular complexity index is 3070. The number of hydrogen-bond donors (Lipinski definition) is 0. The summed E-state index contributed by atoms with van der Waals surface area (Å²) in [6.07, 6.45) is 0. The van der Waals surface area contributed by atoms with E-state index in [2.05, 4.69) is 170 Å². The molecule has 0 amide bonds. The summed E-state index contributed by atoms with van der Waals surface area (Å²) in [5.41, 5.74) is 15.4. The van der Waals surface area contributed by atoms with Crippen LogP contribution in [0.5, 0.6) is 0 Å². The molecule has 0 N–H and O–H groups in total. The molecule has 8 aromatic carbocycles. The number of hydrogen-bond acceptors (Lipinski definition) is 3. The van der Waals surface area contributed by atoms with Crippen LogP contribution >= 0.6 is 0 Å². The van der Waals surface area contributed by atoms with E-state index in [4.69, 9.17) is 14.4 Å². The summed E-state index contributed by atoms with van der Waals surface area (Å²) in [5, 5.41) is 5.41. The molecule has 0 aliphatic heterocycles. The van der Waals surface area contributed by atoms with Crippen LogP contribution in [0.15, 0.2) is 174 Å². The first-order chi connectivity index (χ1) is 25.8. The standard InChI is InChI=1S/C49H28N2O/c1-2-12-29(13-3-1)46-37-24-25-43-45(38-26-30-14-4-5-15-31(30)28-44(38)52-43)47(37)51-48(50-46)32-22-23-36-35-18-8-11-21-41(35)49(42(36)27-32)39-19-9-6-16-33(39)34-17-7-10-20-40(34)49/h1-28H. The minimum absolute atomic E-state index is 0.441. The molecule has 0 bridgehead atoms. The molecule has 1 spiro atoms. The first kappa shape index (κ1) is 27.9. The molecule has 52 heavy (non-hydrogen) atoms. The van der Waals surface area contributed by atoms with Crippen molar-refractivity contribution in [3.63, 3.8) is 0 Å². The van der Waals surface area contributed by atoms with Gasteiger partial charge in [0.15, 0.2) is 5.82 Å². The van der Waals surface area contributed by atoms with Gasteiger partial charge in [-0.2, -0.15) is 0 Å². The van der Waals surface area contributed by atoms with Gasteiger partial charge in [-0.05, 0) is 85.6 Å². The van der Waals surface area contributed by atoms with Crippen LogP contribution in [0.1, 0.15) is 22.3 Å². The van der Waals surface area contributed by atoms with E-state index in [1.54, 1.807) is 0 Å². The van der Waals surface area contributed by atoms with Crippen LogP contribution in [0.2, 0.25) is 0 Å². The van der Waals surface area contributed by atoms with Crippen LogP contribution in [-0.4, -0.2) is 9.97 Å². The van der Waals surface area contributed by atoms with Gasteiger partial charge in [0.2, 0.25) is 0 Å². The van der Waals surface area contributed by atoms with Crippen LogP contribution in [0.4, 0.5) is 0 Å². The van der Waals surface area contributed by atoms with Crippen molar-refractivity contribution in [1.29, 1.82) is 0 Å². The second kappa shape index (κ2) is 10.1. The lowest BCUT2D eigenvalue weighted by atomic mass is 9.70. The van der Waals surface area contributed by atoms with Gasteiger partial charge >= 0.3 is 0 Å². The van der Waals surface area contributed by atoms with Gasteiger partial charge in [0.25, 0.3) is 0 Å². The molecule has 2 aromatic heterocycles. The molecule has 0 saturated heterocycles. The van der Waals surface area contributed by atoms with Gasteiger partial charge in [-0.1, -0.05) is 140 Å². The number of rotatable bonds is 2. The summed E-state index contributed by atoms with van der Waals surface area (Å²) in [4.78, 5) is 10.9. The highest BCUT2D eigenvalue weighted by atomic mass is 16.3. The topological polar surface area (TPSA) is 38.9 Å². The van der Waals surface area contributed by atoms with Crippen LogP contribution in [0.25, 0.3) is 88.5 Å². The SMILES string of the molecule is c1ccc(-c2nc(-c3ccc4c(c3)C3(c5ccccc5-c5ccccc53)c3ccccc3-4)nc3c2ccc2oc4cc5ccccc5cc4c23)cc1. The fourth-order valence-corrected chi connectivity index (χ4v) is 9.32. The predicted octanol–water partition coefficient (Wildman–Crippen LogP) is 12.4. The Labute approximate surface area is 299 Å². The smallest absolute Gasteiger partial charge is 0.160 e. The van der Waals surface area contributed by atoms with Crippen molar-refractivity contribution in [2.45, 2.75) is 5.41 Å². The lowest BCUT2D eigenvalue weighted by Crippen LogP contribution is -2.25. The molecular weight excluding hydrogens is 633 g/mol. The zero-order chi connectivity index (χ0) is 34.0. The summed E-state index contributed by atoms with van der Waals surface area (Å²) in [5.74, 6) is 0.697. The van der Waals surface area contributed by atoms with Crippen molar-refractivity contribution in [3.8, 4) is 44.9 Å². The third kappa shape index (κ3) is 3.54. The first-order valence-corrected chi connectivity index (χ1v) is 17.8. The average molecular weight is 661 g/mol. The number of benzene rings is 8. The van der Waals surface area contributed by atoms with Crippen molar-refractivity contribution in [1.82, 2.24) is 9.97 Å². The molecule has 0 radical (unpaired) electrons. The van der Waals surface area contributed by atoms with Crippen LogP contribution in [-0.2, 0) is 5.41 Å². The molecule has 2 heterocycles. The van der Waals surface area contributed by atoms with E-state index in [1.807, 2.05) is 0 Å². The van der Waals surface area contributed by atoms with Gasteiger partial charge in [0.1, 0.15) is 11.2 Å². The third-order valence-corrected chi connectivity index (χ3v) is 11.5. The van der Waals surface area contributed by atoms with E-state index >= 15 is 0 Å². The Morgan fingerprint density at radius 2 is 1.00 bits per heavy atom. The Morgan fingerprint density at radius 3 is 1.69 bits per heavy atom. The van der Waals surface area contributed by atoms with Crippen molar-refractivity contribution in [2.24, 2.45) is 0 Å². The predicted molar refractivity (Wildman–Crippen MR) is 211 cm³/mol. The van der Waals surface area contributed by atoms with Crippen molar-refractivity contribution in [3.05, 3.63) is 192 Å². The molecule has 2 aliphatic rings. The number of furan rings is 1. The van der Waals surface area contributed by atoms with Gasteiger partial charge in [-0.25, -0.2) is 9.97 Å². The van der Waals surface area contributed by atoms with Crippen LogP contribution in [0, 0.1) is 0 Å². The van der Waals surface area contributed by atoms with E-state index in [9.17, 15) is 0 Å². The molecule has 10 aromatic rings. The maximum Gasteiger partial charge on any atom is 0.160 e. The van der Waals surface area contributed by atoms with Gasteiger partial charge in [0, 0.05) is 21.9 Å². The molecule has 0 atom stereocenters. The number of nitrogens with zero attached hydrogens (tertiary/aromatic N) is 2. The number of aromatic nitrogens is 2. The quantitative estimate of drug-likeness (QED) is 0.185. The van der Waals surface area contributed by atoms with Crippen LogP contribution < -0.4 is 0 Å². The maximum atomic E-state index is 6.53. The highest BCUT2D eigenvalue weighted by Crippen LogP contribution is 2.63. The Balaban J connectivity index is 1.17. The second-order valence-electron chi connectivity index (χ2n) is 14.0. The van der Waals surface area contributed by atoms with E-state index in [1.165, 1.54) is 49.9 Å². The van der Waals surface area contributed by atoms with E-state index < -0.39 is 5.41 Å². The molecule has 12 rings (SSSR count). The average Bonchev–Trinajstić information content (AvgIpc) is 3.83. The normalized spacial score (nSPS) is 13.5. The zero-order valence-corrected chi connectivity index (χ0v) is 28.0. The summed E-state index contributed by atoms with van der Waals surface area (Å²) in [6.45, 7) is 0. The van der Waals surface area contributed by atoms with Gasteiger partial charge in [-0.15, -0.1) is 0 Å². The fourth-order valence-electron chi connectivity index (χ4n) is 9.32. The molecular formula is C49H28N2O. The lowest BCUT2D eigenvalue weighted by molar-refractivity contribution is 0.669. The van der Waals surface area contributed by atoms with Gasteiger partial charge in [-0.3, -0.25) is 0 Å². The monoisotopic (exact) mass is 660 g/mol. The highest BCUT2D eigenvalue weighted by molar-refractivity contribution is 6.21. The van der Waals surface area contributed by atoms with E-state index in [-0.39, 0.29) is 0 Å². The summed E-state index contributed by atoms with van der Waals surface area (Å²) in [6, 6.07) is 61.1. The van der Waals surface area contributed by atoms with Crippen molar-refractivity contribution >= 4 is 43.6 Å². The van der Waals surface area contributed by atoms with Crippen molar-refractivity contribution < 1.29 is 4.42 Å². The first-order valence-electron chi connectivity index (χ1n) is 17.8. The highest BCUT2D eigenvalue weighted by Gasteiger charge is 2.51. The minimum atomic E-state index is -0.441. The molecule has 2 aliphatic carbocycles. The molecule has 240 valence electrons. The fraction of sp³-hybridized carbons (Fsp3) is 0.0204. The molecule has 3 nitrogen and oxygen atoms in total. The second-order valence-corrected chi connectivity index (χ2v) is 14.0. The third-order valence-electron chi connectivity index (χ3n) is 11.5. The van der Waals surface area contributed by atoms with Gasteiger partial charge in [0.05, 0.1) is 22.0 Å². The molecule has 0 saturated carbocycles. The summed E-state index contributed by atoms with van der Waals surface area (Å²) in [7, 11) is 0. The van der Waals surface area contributed by atoms with E-state index in [0.717, 1.165) is 55.0 Å². The lowest BCUT2D eigenvalue weighted by Gasteiger charge is -2.30. The molecule has 0 fully saturated rings. The Morgan fingerprint density at radius 1 is 0.404 bits per heavy atom.